The molecule has 1 rings (SSSR count). The molecule has 1 saturated heterocycles. The van der Waals surface area contributed by atoms with E-state index in [1.54, 1.807) is 0 Å². The molecule has 0 aliphatic carbocycles. The highest BCUT2D eigenvalue weighted by Crippen LogP contribution is 2.27. The average Bonchev–Trinajstić information content (AvgIpc) is 2.67. The van der Waals surface area contributed by atoms with E-state index < -0.39 is 5.97 Å². The first-order chi connectivity index (χ1) is 9.00. The molecular weight excluding hydrogens is 252 g/mol. The molecule has 0 aromatic heterocycles. The number of ether oxygens (including phenoxy) is 2. The summed E-state index contributed by atoms with van der Waals surface area (Å²) in [6.07, 6.45) is 2.99. The molecule has 1 fully saturated rings. The van der Waals surface area contributed by atoms with E-state index in [2.05, 4.69) is 0 Å². The maximum absolute atomic E-state index is 11.5. The largest absolute Gasteiger partial charge is 0.481 e. The summed E-state index contributed by atoms with van der Waals surface area (Å²) in [5.74, 6) is -1.71. The van der Waals surface area contributed by atoms with Crippen molar-refractivity contribution in [1.29, 1.82) is 0 Å². The Kier molecular flexibility index (Phi) is 6.32. The summed E-state index contributed by atoms with van der Waals surface area (Å²) in [5, 5.41) is 8.51. The Morgan fingerprint density at radius 2 is 2.11 bits per heavy atom. The molecule has 1 aliphatic rings. The molecule has 108 valence electrons. The molecule has 19 heavy (non-hydrogen) atoms. The van der Waals surface area contributed by atoms with Crippen molar-refractivity contribution in [2.24, 2.45) is 11.8 Å². The minimum Gasteiger partial charge on any atom is -0.481 e. The number of hydrogen-bond donors (Lipinski definition) is 1. The molecule has 1 N–H and O–H groups in total. The van der Waals surface area contributed by atoms with Crippen molar-refractivity contribution in [3.63, 3.8) is 0 Å². The van der Waals surface area contributed by atoms with Crippen molar-refractivity contribution >= 4 is 17.9 Å². The van der Waals surface area contributed by atoms with Crippen LogP contribution in [0.5, 0.6) is 0 Å². The maximum Gasteiger partial charge on any atom is 0.309 e. The number of cyclic esters (lactones) is 1. The predicted molar refractivity (Wildman–Crippen MR) is 65.3 cm³/mol. The minimum atomic E-state index is -0.798. The lowest BCUT2D eigenvalue weighted by Gasteiger charge is -2.14. The Bertz CT molecular complexity index is 338. The zero-order valence-electron chi connectivity index (χ0n) is 11.1. The molecule has 6 heteroatoms. The lowest BCUT2D eigenvalue weighted by atomic mass is 9.90. The summed E-state index contributed by atoms with van der Waals surface area (Å²) in [7, 11) is 0. The highest BCUT2D eigenvalue weighted by Gasteiger charge is 2.36. The number of carboxylic acids is 1. The van der Waals surface area contributed by atoms with Crippen LogP contribution >= 0.6 is 0 Å². The zero-order chi connectivity index (χ0) is 14.3. The fraction of sp³-hybridized carbons (Fsp3) is 0.769. The van der Waals surface area contributed by atoms with Crippen molar-refractivity contribution in [3.8, 4) is 0 Å². The number of aliphatic carboxylic acids is 1. The van der Waals surface area contributed by atoms with E-state index in [0.29, 0.717) is 19.4 Å². The topological polar surface area (TPSA) is 89.9 Å². The van der Waals surface area contributed by atoms with Crippen molar-refractivity contribution in [3.05, 3.63) is 0 Å². The van der Waals surface area contributed by atoms with Gasteiger partial charge in [-0.2, -0.15) is 0 Å². The third kappa shape index (κ3) is 5.72. The van der Waals surface area contributed by atoms with Gasteiger partial charge in [0.1, 0.15) is 0 Å². The van der Waals surface area contributed by atoms with Gasteiger partial charge >= 0.3 is 17.9 Å². The van der Waals surface area contributed by atoms with Gasteiger partial charge in [0.15, 0.2) is 0 Å². The van der Waals surface area contributed by atoms with Crippen LogP contribution in [0.4, 0.5) is 0 Å². The third-order valence-electron chi connectivity index (χ3n) is 3.22. The molecule has 0 spiro atoms. The highest BCUT2D eigenvalue weighted by atomic mass is 16.6. The molecule has 6 nitrogen and oxygen atoms in total. The maximum atomic E-state index is 11.5. The van der Waals surface area contributed by atoms with Crippen LogP contribution < -0.4 is 0 Å². The Morgan fingerprint density at radius 3 is 2.74 bits per heavy atom. The Balaban J connectivity index is 2.26. The zero-order valence-corrected chi connectivity index (χ0v) is 11.1. The molecular formula is C13H20O6. The molecule has 0 aromatic carbocycles. The predicted octanol–water partition coefficient (Wildman–Crippen LogP) is 1.37. The van der Waals surface area contributed by atoms with Crippen LogP contribution in [-0.4, -0.2) is 36.2 Å². The molecule has 1 heterocycles. The first-order valence-electron chi connectivity index (χ1n) is 6.52. The number of rotatable bonds is 8. The number of carboxylic acid groups (broad SMARTS) is 1. The van der Waals surface area contributed by atoms with E-state index in [1.807, 2.05) is 0 Å². The quantitative estimate of drug-likeness (QED) is 0.530. The third-order valence-corrected chi connectivity index (χ3v) is 3.22. The van der Waals surface area contributed by atoms with E-state index in [1.165, 1.54) is 6.92 Å². The van der Waals surface area contributed by atoms with Gasteiger partial charge in [-0.1, -0.05) is 12.8 Å². The Labute approximate surface area is 112 Å². The van der Waals surface area contributed by atoms with E-state index in [0.717, 1.165) is 12.8 Å². The van der Waals surface area contributed by atoms with Crippen LogP contribution in [-0.2, 0) is 23.9 Å². The Morgan fingerprint density at radius 1 is 1.37 bits per heavy atom. The molecule has 2 atom stereocenters. The van der Waals surface area contributed by atoms with Crippen LogP contribution in [0.25, 0.3) is 0 Å². The highest BCUT2D eigenvalue weighted by molar-refractivity contribution is 5.74. The average molecular weight is 272 g/mol. The summed E-state index contributed by atoms with van der Waals surface area (Å²) in [6, 6.07) is 0. The molecule has 0 bridgehead atoms. The van der Waals surface area contributed by atoms with Crippen molar-refractivity contribution in [2.45, 2.75) is 39.0 Å². The van der Waals surface area contributed by atoms with Gasteiger partial charge in [-0.3, -0.25) is 14.4 Å². The van der Waals surface area contributed by atoms with Crippen LogP contribution in [0.15, 0.2) is 0 Å². The number of carbonyl (C=O) groups excluding carboxylic acids is 2. The number of esters is 2. The summed E-state index contributed by atoms with van der Waals surface area (Å²) >= 11 is 0. The van der Waals surface area contributed by atoms with Gasteiger partial charge in [0.25, 0.3) is 0 Å². The lowest BCUT2D eigenvalue weighted by molar-refractivity contribution is -0.144. The molecule has 0 amide bonds. The molecule has 0 radical (unpaired) electrons. The molecule has 0 saturated carbocycles. The van der Waals surface area contributed by atoms with Gasteiger partial charge in [0.2, 0.25) is 0 Å². The second kappa shape index (κ2) is 7.76. The van der Waals surface area contributed by atoms with Crippen LogP contribution in [0.2, 0.25) is 0 Å². The number of unbranched alkanes of at least 4 members (excludes halogenated alkanes) is 2. The summed E-state index contributed by atoms with van der Waals surface area (Å²) in [6.45, 7) is 1.84. The molecule has 0 aromatic rings. The lowest BCUT2D eigenvalue weighted by Crippen LogP contribution is -2.21. The summed E-state index contributed by atoms with van der Waals surface area (Å²) in [4.78, 5) is 32.6. The van der Waals surface area contributed by atoms with Gasteiger partial charge in [0, 0.05) is 19.3 Å². The van der Waals surface area contributed by atoms with E-state index in [9.17, 15) is 14.4 Å². The van der Waals surface area contributed by atoms with Crippen LogP contribution in [0, 0.1) is 11.8 Å². The van der Waals surface area contributed by atoms with Gasteiger partial charge in [-0.25, -0.2) is 0 Å². The van der Waals surface area contributed by atoms with Crippen LogP contribution in [0.1, 0.15) is 39.0 Å². The smallest absolute Gasteiger partial charge is 0.309 e. The normalized spacial score (nSPS) is 22.1. The summed E-state index contributed by atoms with van der Waals surface area (Å²) in [5.41, 5.74) is 0. The van der Waals surface area contributed by atoms with E-state index >= 15 is 0 Å². The molecule has 0 unspecified atom stereocenters. The van der Waals surface area contributed by atoms with Crippen molar-refractivity contribution in [1.82, 2.24) is 0 Å². The second-order valence-electron chi connectivity index (χ2n) is 4.79. The second-order valence-corrected chi connectivity index (χ2v) is 4.79. The van der Waals surface area contributed by atoms with E-state index in [-0.39, 0.29) is 36.8 Å². The number of carbonyl (C=O) groups is 3. The minimum absolute atomic E-state index is 0.0733. The van der Waals surface area contributed by atoms with Crippen LogP contribution in [0.3, 0.4) is 0 Å². The van der Waals surface area contributed by atoms with Gasteiger partial charge in [0.05, 0.1) is 19.1 Å². The first-order valence-corrected chi connectivity index (χ1v) is 6.52. The fourth-order valence-corrected chi connectivity index (χ4v) is 2.16. The summed E-state index contributed by atoms with van der Waals surface area (Å²) < 4.78 is 9.90. The molecule has 1 aliphatic heterocycles. The van der Waals surface area contributed by atoms with Crippen molar-refractivity contribution < 1.29 is 29.0 Å². The number of hydrogen-bond acceptors (Lipinski definition) is 5. The SMILES string of the molecule is CC(=O)OC[C@H]1COC(=O)[C@@H]1CCCCCC(=O)O. The fourth-order valence-electron chi connectivity index (χ4n) is 2.16. The van der Waals surface area contributed by atoms with Gasteiger partial charge in [-0.15, -0.1) is 0 Å². The first kappa shape index (κ1) is 15.5. The van der Waals surface area contributed by atoms with Gasteiger partial charge < -0.3 is 14.6 Å². The Hall–Kier alpha value is -1.59. The standard InChI is InChI=1S/C13H20O6/c1-9(14)18-7-10-8-19-13(17)11(10)5-3-2-4-6-12(15)16/h10-11H,2-8H2,1H3,(H,15,16)/t10-,11+/m0/s1. The van der Waals surface area contributed by atoms with Crippen molar-refractivity contribution in [2.75, 3.05) is 13.2 Å². The monoisotopic (exact) mass is 272 g/mol. The van der Waals surface area contributed by atoms with Gasteiger partial charge in [-0.05, 0) is 12.8 Å². The van der Waals surface area contributed by atoms with E-state index in [4.69, 9.17) is 14.6 Å².